The number of β-amino-alcohol motifs (C(OH)–C–C–N with tert-alkyl or cyclic N) is 1. The molecule has 0 unspecified atom stereocenters. The van der Waals surface area contributed by atoms with Gasteiger partial charge in [0.25, 0.3) is 0 Å². The van der Waals surface area contributed by atoms with E-state index in [1.807, 2.05) is 91.0 Å². The number of rotatable bonds is 11. The Morgan fingerprint density at radius 3 is 1.94 bits per heavy atom. The normalized spacial score (nSPS) is 23.3. The Bertz CT molecular complexity index is 1420. The molecular weight excluding hydrogens is 600 g/mol. The van der Waals surface area contributed by atoms with Crippen molar-refractivity contribution in [2.24, 2.45) is 5.92 Å². The van der Waals surface area contributed by atoms with Crippen LogP contribution in [0.2, 0.25) is 0 Å². The molecule has 3 amide bonds. The van der Waals surface area contributed by atoms with E-state index in [1.165, 1.54) is 12.8 Å². The Labute approximate surface area is 285 Å². The van der Waals surface area contributed by atoms with Crippen molar-refractivity contribution in [1.82, 2.24) is 20.0 Å². The van der Waals surface area contributed by atoms with Crippen LogP contribution in [0.4, 0.5) is 0 Å². The fourth-order valence-electron chi connectivity index (χ4n) is 8.18. The van der Waals surface area contributed by atoms with Gasteiger partial charge in [-0.1, -0.05) is 104 Å². The zero-order valence-corrected chi connectivity index (χ0v) is 28.2. The SMILES string of the molecule is CCCCN1CCC[C@H](CNC(=O)[C@H]2CCCN2C(=O)[C@@H]2C[C@@H](O)CN2C(=O)C(c2ccccc2)(c2ccccc2)c2ccccc2)C1. The Morgan fingerprint density at radius 1 is 0.771 bits per heavy atom. The topological polar surface area (TPSA) is 93.2 Å². The predicted molar refractivity (Wildman–Crippen MR) is 187 cm³/mol. The Kier molecular flexibility index (Phi) is 10.9. The number of carbonyl (C=O) groups is 3. The average Bonchev–Trinajstić information content (AvgIpc) is 3.79. The van der Waals surface area contributed by atoms with Crippen LogP contribution in [0.5, 0.6) is 0 Å². The van der Waals surface area contributed by atoms with E-state index < -0.39 is 23.6 Å². The molecule has 48 heavy (non-hydrogen) atoms. The van der Waals surface area contributed by atoms with Gasteiger partial charge in [-0.2, -0.15) is 0 Å². The summed E-state index contributed by atoms with van der Waals surface area (Å²) in [4.78, 5) is 49.1. The lowest BCUT2D eigenvalue weighted by molar-refractivity contribution is -0.147. The van der Waals surface area contributed by atoms with Crippen LogP contribution in [0.3, 0.4) is 0 Å². The first-order valence-corrected chi connectivity index (χ1v) is 17.9. The highest BCUT2D eigenvalue weighted by molar-refractivity contribution is 6.00. The quantitative estimate of drug-likeness (QED) is 0.296. The van der Waals surface area contributed by atoms with E-state index in [4.69, 9.17) is 0 Å². The van der Waals surface area contributed by atoms with Crippen molar-refractivity contribution in [2.75, 3.05) is 39.3 Å². The van der Waals surface area contributed by atoms with E-state index in [9.17, 15) is 14.7 Å². The van der Waals surface area contributed by atoms with Crippen molar-refractivity contribution in [2.45, 2.75) is 75.5 Å². The Hall–Kier alpha value is -4.01. The van der Waals surface area contributed by atoms with Crippen molar-refractivity contribution in [3.63, 3.8) is 0 Å². The minimum absolute atomic E-state index is 0.0460. The molecule has 4 atom stereocenters. The van der Waals surface area contributed by atoms with Gasteiger partial charge in [0.2, 0.25) is 17.7 Å². The van der Waals surface area contributed by atoms with Gasteiger partial charge in [0.15, 0.2) is 0 Å². The molecule has 3 aromatic rings. The van der Waals surface area contributed by atoms with Gasteiger partial charge in [0.05, 0.1) is 6.10 Å². The first-order chi connectivity index (χ1) is 23.4. The molecule has 0 saturated carbocycles. The van der Waals surface area contributed by atoms with Crippen LogP contribution in [0.15, 0.2) is 91.0 Å². The highest BCUT2D eigenvalue weighted by Crippen LogP contribution is 2.42. The van der Waals surface area contributed by atoms with Crippen molar-refractivity contribution in [1.29, 1.82) is 0 Å². The standard InChI is InChI=1S/C40H50N4O4/c1-2-3-23-42-24-13-15-30(28-42)27-41-37(46)35-22-14-25-43(35)38(47)36-26-34(45)29-44(36)39(48)40(31-16-7-4-8-17-31,32-18-9-5-10-19-32)33-20-11-6-12-21-33/h4-12,16-21,30,34-36,45H,2-3,13-15,22-29H2,1H3,(H,41,46)/t30-,34-,35-,36+/m1/s1. The molecule has 0 spiro atoms. The maximum Gasteiger partial charge on any atom is 0.246 e. The third kappa shape index (κ3) is 6.92. The largest absolute Gasteiger partial charge is 0.391 e. The molecule has 3 aliphatic heterocycles. The molecule has 6 rings (SSSR count). The van der Waals surface area contributed by atoms with Gasteiger partial charge in [-0.3, -0.25) is 14.4 Å². The van der Waals surface area contributed by atoms with Crippen LogP contribution in [0.1, 0.15) is 68.6 Å². The number of nitrogens with one attached hydrogen (secondary N) is 1. The van der Waals surface area contributed by atoms with Gasteiger partial charge < -0.3 is 25.1 Å². The third-order valence-electron chi connectivity index (χ3n) is 10.6. The van der Waals surface area contributed by atoms with Crippen molar-refractivity contribution < 1.29 is 19.5 Å². The van der Waals surface area contributed by atoms with Gasteiger partial charge in [-0.25, -0.2) is 0 Å². The molecule has 0 aliphatic carbocycles. The number of unbranched alkanes of at least 4 members (excludes halogenated alkanes) is 1. The average molecular weight is 651 g/mol. The maximum atomic E-state index is 15.3. The number of likely N-dealkylation sites (tertiary alicyclic amines) is 3. The summed E-state index contributed by atoms with van der Waals surface area (Å²) in [7, 11) is 0. The zero-order chi connectivity index (χ0) is 33.5. The molecule has 2 N–H and O–H groups in total. The molecule has 0 bridgehead atoms. The van der Waals surface area contributed by atoms with Gasteiger partial charge in [-0.15, -0.1) is 0 Å². The highest BCUT2D eigenvalue weighted by Gasteiger charge is 2.52. The van der Waals surface area contributed by atoms with Gasteiger partial charge in [0.1, 0.15) is 17.5 Å². The van der Waals surface area contributed by atoms with Crippen LogP contribution in [-0.2, 0) is 19.8 Å². The number of hydrogen-bond acceptors (Lipinski definition) is 5. The van der Waals surface area contributed by atoms with Gasteiger partial charge in [0, 0.05) is 32.6 Å². The lowest BCUT2D eigenvalue weighted by atomic mass is 9.68. The van der Waals surface area contributed by atoms with Crippen LogP contribution in [0.25, 0.3) is 0 Å². The number of piperidine rings is 1. The molecule has 0 aromatic heterocycles. The van der Waals surface area contributed by atoms with E-state index in [2.05, 4.69) is 17.1 Å². The number of amides is 3. The summed E-state index contributed by atoms with van der Waals surface area (Å²) in [6.45, 7) is 6.55. The molecule has 254 valence electrons. The summed E-state index contributed by atoms with van der Waals surface area (Å²) in [5.41, 5.74) is 1.11. The Morgan fingerprint density at radius 2 is 1.35 bits per heavy atom. The second-order valence-corrected chi connectivity index (χ2v) is 13.8. The van der Waals surface area contributed by atoms with Crippen LogP contribution >= 0.6 is 0 Å². The molecule has 3 fully saturated rings. The first kappa shape index (κ1) is 33.9. The second kappa shape index (κ2) is 15.5. The van der Waals surface area contributed by atoms with E-state index in [1.54, 1.807) is 9.80 Å². The van der Waals surface area contributed by atoms with Crippen molar-refractivity contribution >= 4 is 17.7 Å². The summed E-state index contributed by atoms with van der Waals surface area (Å²) < 4.78 is 0. The van der Waals surface area contributed by atoms with Crippen molar-refractivity contribution in [3.05, 3.63) is 108 Å². The monoisotopic (exact) mass is 650 g/mol. The fraction of sp³-hybridized carbons (Fsp3) is 0.475. The highest BCUT2D eigenvalue weighted by atomic mass is 16.3. The molecule has 0 radical (unpaired) electrons. The molecule has 3 aromatic carbocycles. The first-order valence-electron chi connectivity index (χ1n) is 17.9. The smallest absolute Gasteiger partial charge is 0.246 e. The number of aliphatic hydroxyl groups is 1. The summed E-state index contributed by atoms with van der Waals surface area (Å²) in [5, 5.41) is 14.2. The minimum atomic E-state index is -1.25. The van der Waals surface area contributed by atoms with Gasteiger partial charge >= 0.3 is 0 Å². The number of benzene rings is 3. The number of carbonyl (C=O) groups excluding carboxylic acids is 3. The minimum Gasteiger partial charge on any atom is -0.391 e. The van der Waals surface area contributed by atoms with Crippen LogP contribution < -0.4 is 5.32 Å². The third-order valence-corrected chi connectivity index (χ3v) is 10.6. The molecule has 8 heteroatoms. The summed E-state index contributed by atoms with van der Waals surface area (Å²) in [6.07, 6.45) is 5.22. The number of nitrogens with zero attached hydrogens (tertiary/aromatic N) is 3. The lowest BCUT2D eigenvalue weighted by Gasteiger charge is -2.40. The predicted octanol–water partition coefficient (Wildman–Crippen LogP) is 4.60. The molecule has 3 saturated heterocycles. The summed E-state index contributed by atoms with van der Waals surface area (Å²) in [6, 6.07) is 27.6. The number of hydrogen-bond donors (Lipinski definition) is 2. The second-order valence-electron chi connectivity index (χ2n) is 13.8. The molecule has 3 heterocycles. The van der Waals surface area contributed by atoms with E-state index in [0.29, 0.717) is 25.4 Å². The lowest BCUT2D eigenvalue weighted by Crippen LogP contribution is -2.56. The molecule has 8 nitrogen and oxygen atoms in total. The van der Waals surface area contributed by atoms with Crippen LogP contribution in [0, 0.1) is 5.92 Å². The molecular formula is C40H50N4O4. The van der Waals surface area contributed by atoms with Crippen molar-refractivity contribution in [3.8, 4) is 0 Å². The molecule has 3 aliphatic rings. The Balaban J connectivity index is 1.25. The van der Waals surface area contributed by atoms with E-state index >= 15 is 4.79 Å². The summed E-state index contributed by atoms with van der Waals surface area (Å²) >= 11 is 0. The maximum absolute atomic E-state index is 15.3. The number of aliphatic hydroxyl groups excluding tert-OH is 1. The van der Waals surface area contributed by atoms with Crippen LogP contribution in [-0.4, -0.2) is 95.0 Å². The van der Waals surface area contributed by atoms with Gasteiger partial charge in [-0.05, 0) is 67.8 Å². The van der Waals surface area contributed by atoms with E-state index in [0.717, 1.165) is 55.6 Å². The zero-order valence-electron chi connectivity index (χ0n) is 28.2. The fourth-order valence-corrected chi connectivity index (χ4v) is 8.18. The summed E-state index contributed by atoms with van der Waals surface area (Å²) in [5.74, 6) is -0.226. The van der Waals surface area contributed by atoms with E-state index in [-0.39, 0.29) is 30.7 Å².